The van der Waals surface area contributed by atoms with E-state index in [9.17, 15) is 13.6 Å². The fourth-order valence-electron chi connectivity index (χ4n) is 2.01. The van der Waals surface area contributed by atoms with Gasteiger partial charge in [0.25, 0.3) is 0 Å². The summed E-state index contributed by atoms with van der Waals surface area (Å²) in [6, 6.07) is 0. The van der Waals surface area contributed by atoms with Gasteiger partial charge in [0.05, 0.1) is 0 Å². The van der Waals surface area contributed by atoms with Crippen molar-refractivity contribution in [2.75, 3.05) is 0 Å². The molecule has 1 aliphatic rings. The molecule has 0 spiro atoms. The first-order valence-corrected chi connectivity index (χ1v) is 5.13. The molecule has 1 aliphatic carbocycles. The lowest BCUT2D eigenvalue weighted by Crippen LogP contribution is -2.37. The normalized spacial score (nSPS) is 27.6. The van der Waals surface area contributed by atoms with E-state index >= 15 is 0 Å². The van der Waals surface area contributed by atoms with Crippen LogP contribution < -0.4 is 0 Å². The van der Waals surface area contributed by atoms with E-state index < -0.39 is 6.43 Å². The van der Waals surface area contributed by atoms with Crippen LogP contribution in [0.1, 0.15) is 40.0 Å². The van der Waals surface area contributed by atoms with E-state index in [1.165, 1.54) is 0 Å². The predicted octanol–water partition coefficient (Wildman–Crippen LogP) is 3.28. The maximum absolute atomic E-state index is 12.0. The van der Waals surface area contributed by atoms with Crippen LogP contribution in [0.3, 0.4) is 0 Å². The summed E-state index contributed by atoms with van der Waals surface area (Å²) in [7, 11) is 0. The molecule has 0 unspecified atom stereocenters. The quantitative estimate of drug-likeness (QED) is 0.689. The van der Waals surface area contributed by atoms with Gasteiger partial charge in [-0.1, -0.05) is 20.8 Å². The van der Waals surface area contributed by atoms with Crippen molar-refractivity contribution in [1.29, 1.82) is 0 Å². The highest BCUT2D eigenvalue weighted by Crippen LogP contribution is 2.41. The van der Waals surface area contributed by atoms with Crippen LogP contribution in [0.2, 0.25) is 0 Å². The zero-order chi connectivity index (χ0) is 10.9. The van der Waals surface area contributed by atoms with Gasteiger partial charge in [-0.3, -0.25) is 4.79 Å². The number of halogens is 2. The summed E-state index contributed by atoms with van der Waals surface area (Å²) >= 11 is 0. The van der Waals surface area contributed by atoms with Crippen molar-refractivity contribution in [2.24, 2.45) is 17.3 Å². The van der Waals surface area contributed by atoms with Gasteiger partial charge in [0.15, 0.2) is 0 Å². The van der Waals surface area contributed by atoms with Crippen LogP contribution in [0.15, 0.2) is 0 Å². The monoisotopic (exact) mass is 204 g/mol. The van der Waals surface area contributed by atoms with Gasteiger partial charge in [-0.05, 0) is 18.8 Å². The van der Waals surface area contributed by atoms with E-state index in [-0.39, 0.29) is 29.5 Å². The summed E-state index contributed by atoms with van der Waals surface area (Å²) in [4.78, 5) is 11.7. The Bertz CT molecular complexity index is 212. The Morgan fingerprint density at radius 1 is 1.36 bits per heavy atom. The number of rotatable bonds is 3. The summed E-state index contributed by atoms with van der Waals surface area (Å²) in [6.45, 7) is 5.65. The summed E-state index contributed by atoms with van der Waals surface area (Å²) in [6.07, 6.45) is -0.917. The van der Waals surface area contributed by atoms with E-state index in [2.05, 4.69) is 0 Å². The summed E-state index contributed by atoms with van der Waals surface area (Å²) in [5, 5.41) is 0. The van der Waals surface area contributed by atoms with E-state index in [1.54, 1.807) is 0 Å². The third-order valence-electron chi connectivity index (χ3n) is 2.86. The summed E-state index contributed by atoms with van der Waals surface area (Å²) < 4.78 is 24.0. The van der Waals surface area contributed by atoms with E-state index in [0.717, 1.165) is 0 Å². The number of carbonyl (C=O) groups is 1. The second-order valence-corrected chi connectivity index (χ2v) is 5.28. The third kappa shape index (κ3) is 2.76. The Hall–Kier alpha value is -0.470. The van der Waals surface area contributed by atoms with Crippen LogP contribution in [0, 0.1) is 17.3 Å². The first-order valence-electron chi connectivity index (χ1n) is 5.13. The van der Waals surface area contributed by atoms with Crippen molar-refractivity contribution in [2.45, 2.75) is 46.5 Å². The zero-order valence-corrected chi connectivity index (χ0v) is 9.02. The lowest BCUT2D eigenvalue weighted by atomic mass is 9.66. The number of Topliss-reactive ketones (excluding diaryl/α,β-unsaturated/α-hetero) is 1. The SMILES string of the molecule is CC(C)(C)C(=O)C1CC(CC(F)F)C1. The second kappa shape index (κ2) is 3.95. The van der Waals surface area contributed by atoms with Crippen LogP contribution in [0.25, 0.3) is 0 Å². The molecule has 1 saturated carbocycles. The van der Waals surface area contributed by atoms with Crippen LogP contribution in [0.5, 0.6) is 0 Å². The van der Waals surface area contributed by atoms with Gasteiger partial charge in [0.1, 0.15) is 5.78 Å². The van der Waals surface area contributed by atoms with Gasteiger partial charge in [-0.2, -0.15) is 0 Å². The topological polar surface area (TPSA) is 17.1 Å². The smallest absolute Gasteiger partial charge is 0.238 e. The largest absolute Gasteiger partial charge is 0.299 e. The van der Waals surface area contributed by atoms with Crippen molar-refractivity contribution in [3.63, 3.8) is 0 Å². The maximum atomic E-state index is 12.0. The molecular formula is C11H18F2O. The van der Waals surface area contributed by atoms with Crippen molar-refractivity contribution in [3.8, 4) is 0 Å². The summed E-state index contributed by atoms with van der Waals surface area (Å²) in [5.74, 6) is 0.341. The molecule has 14 heavy (non-hydrogen) atoms. The third-order valence-corrected chi connectivity index (χ3v) is 2.86. The number of hydrogen-bond donors (Lipinski definition) is 0. The molecule has 0 aliphatic heterocycles. The van der Waals surface area contributed by atoms with Gasteiger partial charge >= 0.3 is 0 Å². The van der Waals surface area contributed by atoms with Crippen LogP contribution in [-0.4, -0.2) is 12.2 Å². The molecule has 1 nitrogen and oxygen atoms in total. The maximum Gasteiger partial charge on any atom is 0.238 e. The van der Waals surface area contributed by atoms with E-state index in [1.807, 2.05) is 20.8 Å². The Morgan fingerprint density at radius 3 is 2.21 bits per heavy atom. The highest BCUT2D eigenvalue weighted by molar-refractivity contribution is 5.86. The molecule has 0 heterocycles. The minimum absolute atomic E-state index is 0.0338. The van der Waals surface area contributed by atoms with Crippen molar-refractivity contribution in [1.82, 2.24) is 0 Å². The van der Waals surface area contributed by atoms with Crippen molar-refractivity contribution in [3.05, 3.63) is 0 Å². The molecule has 0 radical (unpaired) electrons. The lowest BCUT2D eigenvalue weighted by Gasteiger charge is -2.37. The molecule has 0 N–H and O–H groups in total. The Morgan fingerprint density at radius 2 is 1.86 bits per heavy atom. The Balaban J connectivity index is 2.31. The molecule has 0 aromatic carbocycles. The van der Waals surface area contributed by atoms with E-state index in [4.69, 9.17) is 0 Å². The standard InChI is InChI=1S/C11H18F2O/c1-11(2,3)10(14)8-4-7(5-8)6-9(12)13/h7-9H,4-6H2,1-3H3. The average molecular weight is 204 g/mol. The Kier molecular flexibility index (Phi) is 3.28. The van der Waals surface area contributed by atoms with Gasteiger partial charge < -0.3 is 0 Å². The van der Waals surface area contributed by atoms with Gasteiger partial charge in [0, 0.05) is 17.8 Å². The molecule has 0 bridgehead atoms. The minimum atomic E-state index is -2.22. The van der Waals surface area contributed by atoms with Crippen LogP contribution in [0.4, 0.5) is 8.78 Å². The second-order valence-electron chi connectivity index (χ2n) is 5.28. The average Bonchev–Trinajstić information content (AvgIpc) is 1.92. The number of ketones is 1. The fourth-order valence-corrected chi connectivity index (χ4v) is 2.01. The molecule has 82 valence electrons. The molecule has 0 saturated heterocycles. The first kappa shape index (κ1) is 11.6. The molecule has 1 fully saturated rings. The molecular weight excluding hydrogens is 186 g/mol. The molecule has 1 rings (SSSR count). The van der Waals surface area contributed by atoms with E-state index in [0.29, 0.717) is 12.8 Å². The molecule has 0 amide bonds. The number of hydrogen-bond acceptors (Lipinski definition) is 1. The van der Waals surface area contributed by atoms with Crippen molar-refractivity contribution >= 4 is 5.78 Å². The highest BCUT2D eigenvalue weighted by atomic mass is 19.3. The van der Waals surface area contributed by atoms with Crippen LogP contribution in [-0.2, 0) is 4.79 Å². The highest BCUT2D eigenvalue weighted by Gasteiger charge is 2.39. The molecule has 3 heteroatoms. The van der Waals surface area contributed by atoms with Gasteiger partial charge in [-0.15, -0.1) is 0 Å². The fraction of sp³-hybridized carbons (Fsp3) is 0.909. The predicted molar refractivity (Wildman–Crippen MR) is 51.3 cm³/mol. The zero-order valence-electron chi connectivity index (χ0n) is 9.02. The summed E-state index contributed by atoms with van der Waals surface area (Å²) in [5.41, 5.74) is -0.319. The lowest BCUT2D eigenvalue weighted by molar-refractivity contribution is -0.135. The van der Waals surface area contributed by atoms with Gasteiger partial charge in [-0.25, -0.2) is 8.78 Å². The number of carbonyl (C=O) groups excluding carboxylic acids is 1. The molecule has 0 aromatic rings. The molecule has 0 aromatic heterocycles. The molecule has 0 atom stereocenters. The first-order chi connectivity index (χ1) is 6.30. The Labute approximate surface area is 83.9 Å². The minimum Gasteiger partial charge on any atom is -0.299 e. The van der Waals surface area contributed by atoms with Gasteiger partial charge in [0.2, 0.25) is 6.43 Å². The number of alkyl halides is 2. The van der Waals surface area contributed by atoms with Crippen molar-refractivity contribution < 1.29 is 13.6 Å². The van der Waals surface area contributed by atoms with Crippen LogP contribution >= 0.6 is 0 Å².